The molecule has 20 nitrogen and oxygen atoms in total. The number of aliphatic hydroxyl groups excluding tert-OH is 13. The lowest BCUT2D eigenvalue weighted by atomic mass is 9.38. The first kappa shape index (κ1) is 51.8. The Morgan fingerprint density at radius 1 is 0.716 bits per heavy atom. The van der Waals surface area contributed by atoms with Crippen molar-refractivity contribution in [3.05, 3.63) is 11.6 Å². The SMILES string of the molecule is CC1OC(O[C@@H]2C(CO)OC(OCC3OC(OC(=O)C4CC(C)(C)CC5C6=CCC7C(CC(O)C8C(C)(CO)C(O)C(O)CC78C)C6(C)CCC45)[C@@H](O)[C@H](O)[C@@H]3O)[C@@H](O)[C@@H]2O)[C@@H](O)[C@@H](O)[C@H]1O. The van der Waals surface area contributed by atoms with E-state index in [2.05, 4.69) is 33.8 Å². The fourth-order valence-corrected chi connectivity index (χ4v) is 14.8. The van der Waals surface area contributed by atoms with Crippen LogP contribution in [0.2, 0.25) is 0 Å². The fraction of sp³-hybridized carbons (Fsp3) is 0.936. The zero-order valence-corrected chi connectivity index (χ0v) is 39.2. The molecular formula is C47H76O20. The van der Waals surface area contributed by atoms with Crippen LogP contribution in [0.1, 0.15) is 86.5 Å². The van der Waals surface area contributed by atoms with Crippen LogP contribution < -0.4 is 0 Å². The smallest absolute Gasteiger partial charge is 0.311 e. The number of carbonyl (C=O) groups is 1. The quantitative estimate of drug-likeness (QED) is 0.0843. The number of allylic oxidation sites excluding steroid dienone is 2. The van der Waals surface area contributed by atoms with Crippen molar-refractivity contribution in [2.45, 2.75) is 197 Å². The van der Waals surface area contributed by atoms with E-state index in [9.17, 15) is 71.2 Å². The van der Waals surface area contributed by atoms with Crippen molar-refractivity contribution in [2.24, 2.45) is 57.2 Å². The van der Waals surface area contributed by atoms with E-state index in [-0.39, 0.29) is 41.1 Å². The molecule has 3 saturated heterocycles. The van der Waals surface area contributed by atoms with Gasteiger partial charge in [-0.05, 0) is 91.8 Å². The summed E-state index contributed by atoms with van der Waals surface area (Å²) in [6, 6.07) is 0. The Morgan fingerprint density at radius 2 is 1.36 bits per heavy atom. The molecule has 0 amide bonds. The minimum atomic E-state index is -1.87. The van der Waals surface area contributed by atoms with E-state index in [1.54, 1.807) is 6.92 Å². The summed E-state index contributed by atoms with van der Waals surface area (Å²) in [7, 11) is 0. The van der Waals surface area contributed by atoms with Crippen LogP contribution in [0.4, 0.5) is 0 Å². The Kier molecular flexibility index (Phi) is 14.6. The molecule has 0 aromatic heterocycles. The number of aliphatic hydroxyl groups is 13. The van der Waals surface area contributed by atoms with Gasteiger partial charge in [0.05, 0.1) is 50.2 Å². The zero-order valence-electron chi connectivity index (χ0n) is 39.2. The summed E-state index contributed by atoms with van der Waals surface area (Å²) in [5.74, 6) is -1.79. The second kappa shape index (κ2) is 18.8. The van der Waals surface area contributed by atoms with Crippen LogP contribution in [-0.4, -0.2) is 203 Å². The molecule has 0 radical (unpaired) electrons. The molecular weight excluding hydrogens is 884 g/mol. The van der Waals surface area contributed by atoms with Gasteiger partial charge in [0, 0.05) is 11.3 Å². The monoisotopic (exact) mass is 960 g/mol. The van der Waals surface area contributed by atoms with Crippen LogP contribution in [0, 0.1) is 57.2 Å². The predicted octanol–water partition coefficient (Wildman–Crippen LogP) is -2.45. The molecule has 5 aliphatic carbocycles. The van der Waals surface area contributed by atoms with Crippen molar-refractivity contribution < 1.29 is 99.6 Å². The van der Waals surface area contributed by atoms with Gasteiger partial charge in [0.25, 0.3) is 0 Å². The number of hydrogen-bond donors (Lipinski definition) is 13. The lowest BCUT2D eigenvalue weighted by molar-refractivity contribution is -0.361. The highest BCUT2D eigenvalue weighted by molar-refractivity contribution is 5.73. The van der Waals surface area contributed by atoms with Gasteiger partial charge in [0.15, 0.2) is 12.6 Å². The summed E-state index contributed by atoms with van der Waals surface area (Å²) in [6.07, 6.45) is -21.1. The van der Waals surface area contributed by atoms with Crippen molar-refractivity contribution in [1.82, 2.24) is 0 Å². The molecule has 18 unspecified atom stereocenters. The van der Waals surface area contributed by atoms with E-state index in [1.165, 1.54) is 12.5 Å². The van der Waals surface area contributed by atoms with Gasteiger partial charge in [-0.3, -0.25) is 4.79 Å². The molecule has 8 aliphatic rings. The maximum atomic E-state index is 14.4. The van der Waals surface area contributed by atoms with Crippen LogP contribution in [0.25, 0.3) is 0 Å². The Labute approximate surface area is 390 Å². The topological polar surface area (TPSA) is 335 Å². The minimum Gasteiger partial charge on any atom is -0.432 e. The van der Waals surface area contributed by atoms with Gasteiger partial charge in [0.2, 0.25) is 6.29 Å². The first-order valence-electron chi connectivity index (χ1n) is 24.2. The number of carbonyl (C=O) groups excluding carboxylic acids is 1. The second-order valence-electron chi connectivity index (χ2n) is 23.0. The van der Waals surface area contributed by atoms with E-state index in [0.29, 0.717) is 38.5 Å². The standard InChI is InChI=1S/C47H76O20/c1-18-29(52)31(54)34(57)42(63-18)66-37-27(15-48)64-41(36(59)33(37)56)62-16-28-30(53)32(55)35(58)43(65-28)67-40(61)21-13-44(2,3)12-20-19(21)9-10-45(4)22(20)7-8-23-24(45)11-25(50)38-46(23,5)14-26(51)39(60)47(38,6)17-49/h7,18-21,23-39,41-43,48-60H,8-17H2,1-6H3/t18?,19?,20?,21?,23?,24?,25?,26?,27?,28?,29-,30+,31-,32+,33-,34-,35-,36-,37+,38?,39?,41?,42?,43?,45?,46?,47?/m0/s1. The van der Waals surface area contributed by atoms with E-state index in [0.717, 1.165) is 6.42 Å². The molecule has 3 aliphatic heterocycles. The number of fused-ring (bicyclic) bond motifs is 7. The molecule has 4 saturated carbocycles. The molecule has 27 atom stereocenters. The first-order chi connectivity index (χ1) is 31.3. The van der Waals surface area contributed by atoms with Crippen molar-refractivity contribution in [1.29, 1.82) is 0 Å². The van der Waals surface area contributed by atoms with Crippen LogP contribution >= 0.6 is 0 Å². The third-order valence-corrected chi connectivity index (χ3v) is 18.3. The van der Waals surface area contributed by atoms with Gasteiger partial charge >= 0.3 is 5.97 Å². The second-order valence-corrected chi connectivity index (χ2v) is 23.0. The summed E-state index contributed by atoms with van der Waals surface area (Å²) in [4.78, 5) is 14.4. The predicted molar refractivity (Wildman–Crippen MR) is 228 cm³/mol. The Balaban J connectivity index is 0.942. The maximum Gasteiger partial charge on any atom is 0.311 e. The summed E-state index contributed by atoms with van der Waals surface area (Å²) >= 11 is 0. The molecule has 67 heavy (non-hydrogen) atoms. The van der Waals surface area contributed by atoms with E-state index in [4.69, 9.17) is 28.4 Å². The van der Waals surface area contributed by atoms with Gasteiger partial charge in [-0.1, -0.05) is 46.3 Å². The molecule has 0 spiro atoms. The number of rotatable bonds is 9. The molecule has 384 valence electrons. The summed E-state index contributed by atoms with van der Waals surface area (Å²) in [5, 5.41) is 141. The van der Waals surface area contributed by atoms with Crippen LogP contribution in [-0.2, 0) is 33.2 Å². The van der Waals surface area contributed by atoms with Gasteiger partial charge in [0.1, 0.15) is 67.1 Å². The van der Waals surface area contributed by atoms with Gasteiger partial charge < -0.3 is 94.8 Å². The van der Waals surface area contributed by atoms with E-state index in [1.807, 2.05) is 0 Å². The number of hydrogen-bond acceptors (Lipinski definition) is 20. The Bertz CT molecular complexity index is 1800. The van der Waals surface area contributed by atoms with Gasteiger partial charge in [-0.25, -0.2) is 0 Å². The third-order valence-electron chi connectivity index (χ3n) is 18.3. The van der Waals surface area contributed by atoms with Gasteiger partial charge in [-0.15, -0.1) is 0 Å². The highest BCUT2D eigenvalue weighted by Gasteiger charge is 2.68. The van der Waals surface area contributed by atoms with Crippen LogP contribution in [0.3, 0.4) is 0 Å². The fourth-order valence-electron chi connectivity index (χ4n) is 14.8. The Morgan fingerprint density at radius 3 is 2.03 bits per heavy atom. The molecule has 7 fully saturated rings. The molecule has 8 rings (SSSR count). The van der Waals surface area contributed by atoms with E-state index >= 15 is 0 Å². The van der Waals surface area contributed by atoms with Crippen molar-refractivity contribution >= 4 is 5.97 Å². The highest BCUT2D eigenvalue weighted by Crippen LogP contribution is 2.70. The summed E-state index contributed by atoms with van der Waals surface area (Å²) < 4.78 is 34.3. The van der Waals surface area contributed by atoms with Crippen molar-refractivity contribution in [3.63, 3.8) is 0 Å². The molecule has 13 N–H and O–H groups in total. The normalized spacial score (nSPS) is 55.2. The average Bonchev–Trinajstić information content (AvgIpc) is 3.27. The molecule has 20 heteroatoms. The summed E-state index contributed by atoms with van der Waals surface area (Å²) in [5.41, 5.74) is -1.10. The van der Waals surface area contributed by atoms with Gasteiger partial charge in [-0.2, -0.15) is 0 Å². The summed E-state index contributed by atoms with van der Waals surface area (Å²) in [6.45, 7) is 9.93. The van der Waals surface area contributed by atoms with E-state index < -0.39 is 152 Å². The molecule has 3 heterocycles. The lowest BCUT2D eigenvalue weighted by Gasteiger charge is -2.68. The molecule has 0 bridgehead atoms. The largest absolute Gasteiger partial charge is 0.432 e. The Hall–Kier alpha value is -1.51. The first-order valence-corrected chi connectivity index (χ1v) is 24.2. The number of esters is 1. The molecule has 0 aromatic carbocycles. The minimum absolute atomic E-state index is 0.0239. The molecule has 0 aromatic rings. The van der Waals surface area contributed by atoms with Crippen molar-refractivity contribution in [2.75, 3.05) is 19.8 Å². The van der Waals surface area contributed by atoms with Crippen LogP contribution in [0.15, 0.2) is 11.6 Å². The average molecular weight is 961 g/mol. The zero-order chi connectivity index (χ0) is 49.0. The highest BCUT2D eigenvalue weighted by atomic mass is 16.8. The van der Waals surface area contributed by atoms with Crippen molar-refractivity contribution in [3.8, 4) is 0 Å². The lowest BCUT2D eigenvalue weighted by Crippen LogP contribution is -2.68. The third kappa shape index (κ3) is 8.66. The van der Waals surface area contributed by atoms with Crippen LogP contribution in [0.5, 0.6) is 0 Å². The number of ether oxygens (including phenoxy) is 6. The maximum absolute atomic E-state index is 14.4.